The summed E-state index contributed by atoms with van der Waals surface area (Å²) < 4.78 is 4.59. The molecule has 3 N–H and O–H groups in total. The Morgan fingerprint density at radius 2 is 1.88 bits per heavy atom. The van der Waals surface area contributed by atoms with E-state index < -0.39 is 11.5 Å². The van der Waals surface area contributed by atoms with Crippen LogP contribution in [0.4, 0.5) is 0 Å². The van der Waals surface area contributed by atoms with Crippen LogP contribution in [0.2, 0.25) is 0 Å². The first-order chi connectivity index (χ1) is 7.44. The minimum atomic E-state index is -0.959. The molecule has 0 spiro atoms. The number of unbranched alkanes of at least 4 members (excludes halogenated alkanes) is 2. The normalized spacial score (nSPS) is 11.0. The van der Waals surface area contributed by atoms with Gasteiger partial charge in [0.25, 0.3) is 0 Å². The number of hydrogen-bond donors (Lipinski definition) is 2. The van der Waals surface area contributed by atoms with Gasteiger partial charge in [-0.3, -0.25) is 4.79 Å². The first-order valence-corrected chi connectivity index (χ1v) is 5.53. The van der Waals surface area contributed by atoms with Crippen molar-refractivity contribution < 1.29 is 14.3 Å². The second-order valence-corrected chi connectivity index (χ2v) is 4.26. The molecule has 5 heteroatoms. The first-order valence-electron chi connectivity index (χ1n) is 5.53. The zero-order valence-corrected chi connectivity index (χ0v) is 10.3. The minimum absolute atomic E-state index is 0.132. The third kappa shape index (κ3) is 5.70. The van der Waals surface area contributed by atoms with Crippen LogP contribution in [-0.2, 0) is 14.3 Å². The fourth-order valence-corrected chi connectivity index (χ4v) is 1.32. The van der Waals surface area contributed by atoms with Crippen molar-refractivity contribution in [2.45, 2.75) is 45.1 Å². The van der Waals surface area contributed by atoms with E-state index in [1.54, 1.807) is 13.8 Å². The molecule has 0 aromatic rings. The Labute approximate surface area is 96.7 Å². The van der Waals surface area contributed by atoms with E-state index in [1.807, 2.05) is 0 Å². The standard InChI is InChI=1S/C11H22N2O3/c1-11(2,10(15)16-3)13-9(14)7-5-4-6-8-12/h4-8,12H2,1-3H3,(H,13,14). The summed E-state index contributed by atoms with van der Waals surface area (Å²) in [4.78, 5) is 22.8. The molecule has 16 heavy (non-hydrogen) atoms. The smallest absolute Gasteiger partial charge is 0.330 e. The van der Waals surface area contributed by atoms with Crippen LogP contribution in [-0.4, -0.2) is 31.1 Å². The van der Waals surface area contributed by atoms with E-state index in [-0.39, 0.29) is 5.91 Å². The Balaban J connectivity index is 3.90. The highest BCUT2D eigenvalue weighted by atomic mass is 16.5. The van der Waals surface area contributed by atoms with Crippen LogP contribution in [0.15, 0.2) is 0 Å². The third-order valence-corrected chi connectivity index (χ3v) is 2.26. The number of esters is 1. The highest BCUT2D eigenvalue weighted by molar-refractivity contribution is 5.87. The molecule has 0 saturated carbocycles. The summed E-state index contributed by atoms with van der Waals surface area (Å²) in [5, 5.41) is 2.64. The van der Waals surface area contributed by atoms with Gasteiger partial charge in [0.1, 0.15) is 5.54 Å². The largest absolute Gasteiger partial charge is 0.467 e. The van der Waals surface area contributed by atoms with Crippen molar-refractivity contribution in [2.24, 2.45) is 5.73 Å². The van der Waals surface area contributed by atoms with Gasteiger partial charge < -0.3 is 15.8 Å². The van der Waals surface area contributed by atoms with E-state index in [2.05, 4.69) is 10.1 Å². The molecule has 1 amide bonds. The molecule has 0 atom stereocenters. The number of amides is 1. The van der Waals surface area contributed by atoms with Gasteiger partial charge in [-0.05, 0) is 33.2 Å². The topological polar surface area (TPSA) is 81.4 Å². The number of methoxy groups -OCH3 is 1. The van der Waals surface area contributed by atoms with Gasteiger partial charge in [-0.2, -0.15) is 0 Å². The van der Waals surface area contributed by atoms with Crippen molar-refractivity contribution in [3.63, 3.8) is 0 Å². The maximum atomic E-state index is 11.5. The van der Waals surface area contributed by atoms with Gasteiger partial charge in [0, 0.05) is 6.42 Å². The Hall–Kier alpha value is -1.10. The van der Waals surface area contributed by atoms with Crippen LogP contribution >= 0.6 is 0 Å². The average molecular weight is 230 g/mol. The number of ether oxygens (including phenoxy) is 1. The molecule has 0 rings (SSSR count). The lowest BCUT2D eigenvalue weighted by Gasteiger charge is -2.22. The van der Waals surface area contributed by atoms with Crippen LogP contribution in [0.25, 0.3) is 0 Å². The van der Waals surface area contributed by atoms with Crippen molar-refractivity contribution in [2.75, 3.05) is 13.7 Å². The van der Waals surface area contributed by atoms with E-state index in [1.165, 1.54) is 7.11 Å². The van der Waals surface area contributed by atoms with Crippen molar-refractivity contribution in [3.05, 3.63) is 0 Å². The summed E-state index contributed by atoms with van der Waals surface area (Å²) in [7, 11) is 1.30. The van der Waals surface area contributed by atoms with Crippen molar-refractivity contribution >= 4 is 11.9 Å². The summed E-state index contributed by atoms with van der Waals surface area (Å²) in [6, 6.07) is 0. The lowest BCUT2D eigenvalue weighted by atomic mass is 10.1. The zero-order valence-electron chi connectivity index (χ0n) is 10.3. The Kier molecular flexibility index (Phi) is 6.72. The SMILES string of the molecule is COC(=O)C(C)(C)NC(=O)CCCCCN. The predicted molar refractivity (Wildman–Crippen MR) is 61.8 cm³/mol. The monoisotopic (exact) mass is 230 g/mol. The molecule has 94 valence electrons. The van der Waals surface area contributed by atoms with Gasteiger partial charge in [-0.1, -0.05) is 6.42 Å². The number of hydrogen-bond acceptors (Lipinski definition) is 4. The van der Waals surface area contributed by atoms with Crippen molar-refractivity contribution in [1.82, 2.24) is 5.32 Å². The molecule has 0 aliphatic rings. The van der Waals surface area contributed by atoms with Crippen LogP contribution in [0, 0.1) is 0 Å². The summed E-state index contributed by atoms with van der Waals surface area (Å²) >= 11 is 0. The number of rotatable bonds is 7. The molecular weight excluding hydrogens is 208 g/mol. The Morgan fingerprint density at radius 3 is 2.38 bits per heavy atom. The number of carbonyl (C=O) groups is 2. The minimum Gasteiger partial charge on any atom is -0.467 e. The van der Waals surface area contributed by atoms with E-state index in [0.29, 0.717) is 13.0 Å². The fourth-order valence-electron chi connectivity index (χ4n) is 1.32. The molecule has 0 saturated heterocycles. The molecule has 0 bridgehead atoms. The quantitative estimate of drug-likeness (QED) is 0.495. The molecule has 0 aromatic heterocycles. The number of carbonyl (C=O) groups excluding carboxylic acids is 2. The van der Waals surface area contributed by atoms with Gasteiger partial charge >= 0.3 is 5.97 Å². The van der Waals surface area contributed by atoms with Gasteiger partial charge in [-0.15, -0.1) is 0 Å². The Bertz CT molecular complexity index is 239. The van der Waals surface area contributed by atoms with Crippen LogP contribution in [0.5, 0.6) is 0 Å². The third-order valence-electron chi connectivity index (χ3n) is 2.26. The van der Waals surface area contributed by atoms with E-state index in [0.717, 1.165) is 19.3 Å². The molecule has 0 unspecified atom stereocenters. The van der Waals surface area contributed by atoms with Crippen molar-refractivity contribution in [3.8, 4) is 0 Å². The summed E-state index contributed by atoms with van der Waals surface area (Å²) in [6.45, 7) is 3.89. The molecule has 0 heterocycles. The molecule has 0 aliphatic carbocycles. The van der Waals surface area contributed by atoms with Gasteiger partial charge in [-0.25, -0.2) is 4.79 Å². The van der Waals surface area contributed by atoms with Gasteiger partial charge in [0.2, 0.25) is 5.91 Å². The van der Waals surface area contributed by atoms with Gasteiger partial charge in [0.05, 0.1) is 7.11 Å². The zero-order chi connectivity index (χ0) is 12.6. The fraction of sp³-hybridized carbons (Fsp3) is 0.818. The molecule has 0 aromatic carbocycles. The highest BCUT2D eigenvalue weighted by Crippen LogP contribution is 2.06. The van der Waals surface area contributed by atoms with E-state index in [4.69, 9.17) is 5.73 Å². The number of nitrogens with two attached hydrogens (primary N) is 1. The van der Waals surface area contributed by atoms with E-state index >= 15 is 0 Å². The van der Waals surface area contributed by atoms with Crippen LogP contribution in [0.1, 0.15) is 39.5 Å². The molecule has 0 fully saturated rings. The first kappa shape index (κ1) is 14.9. The van der Waals surface area contributed by atoms with Crippen molar-refractivity contribution in [1.29, 1.82) is 0 Å². The summed E-state index contributed by atoms with van der Waals surface area (Å²) in [6.07, 6.45) is 3.07. The second-order valence-electron chi connectivity index (χ2n) is 4.26. The van der Waals surface area contributed by atoms with Gasteiger partial charge in [0.15, 0.2) is 0 Å². The maximum Gasteiger partial charge on any atom is 0.330 e. The maximum absolute atomic E-state index is 11.5. The summed E-state index contributed by atoms with van der Waals surface area (Å²) in [5.74, 6) is -0.574. The number of nitrogens with one attached hydrogen (secondary N) is 1. The lowest BCUT2D eigenvalue weighted by Crippen LogP contribution is -2.50. The highest BCUT2D eigenvalue weighted by Gasteiger charge is 2.29. The summed E-state index contributed by atoms with van der Waals surface area (Å²) in [5.41, 5.74) is 4.38. The molecule has 5 nitrogen and oxygen atoms in total. The molecular formula is C11H22N2O3. The van der Waals surface area contributed by atoms with Crippen LogP contribution < -0.4 is 11.1 Å². The molecule has 0 aliphatic heterocycles. The lowest BCUT2D eigenvalue weighted by molar-refractivity contribution is -0.149. The molecule has 0 radical (unpaired) electrons. The second kappa shape index (κ2) is 7.22. The average Bonchev–Trinajstić information content (AvgIpc) is 2.22. The predicted octanol–water partition coefficient (Wildman–Crippen LogP) is 0.573. The van der Waals surface area contributed by atoms with Crippen LogP contribution in [0.3, 0.4) is 0 Å². The Morgan fingerprint density at radius 1 is 1.25 bits per heavy atom. The van der Waals surface area contributed by atoms with E-state index in [9.17, 15) is 9.59 Å².